The Kier molecular flexibility index (Phi) is 5.20. The number of benzene rings is 2. The lowest BCUT2D eigenvalue weighted by Crippen LogP contribution is -2.50. The van der Waals surface area contributed by atoms with E-state index in [2.05, 4.69) is 30.8 Å². The Morgan fingerprint density at radius 1 is 1.00 bits per heavy atom. The first-order valence-corrected chi connectivity index (χ1v) is 9.61. The van der Waals surface area contributed by atoms with Gasteiger partial charge in [-0.1, -0.05) is 30.3 Å². The second kappa shape index (κ2) is 7.92. The van der Waals surface area contributed by atoms with Gasteiger partial charge in [-0.2, -0.15) is 0 Å². The zero-order chi connectivity index (χ0) is 18.6. The van der Waals surface area contributed by atoms with Crippen molar-refractivity contribution in [1.29, 1.82) is 0 Å². The molecule has 1 fully saturated rings. The smallest absolute Gasteiger partial charge is 0.260 e. The van der Waals surface area contributed by atoms with Crippen LogP contribution in [0, 0.1) is 0 Å². The predicted octanol–water partition coefficient (Wildman–Crippen LogP) is 3.12. The summed E-state index contributed by atoms with van der Waals surface area (Å²) in [5, 5.41) is 2.20. The van der Waals surface area contributed by atoms with Gasteiger partial charge in [-0.05, 0) is 38.8 Å². The van der Waals surface area contributed by atoms with Gasteiger partial charge in [-0.15, -0.1) is 0 Å². The van der Waals surface area contributed by atoms with E-state index in [1.165, 1.54) is 0 Å². The predicted molar refractivity (Wildman–Crippen MR) is 108 cm³/mol. The van der Waals surface area contributed by atoms with Crippen molar-refractivity contribution >= 4 is 38.6 Å². The van der Waals surface area contributed by atoms with E-state index in [0.29, 0.717) is 24.8 Å². The first kappa shape index (κ1) is 17.7. The third-order valence-corrected chi connectivity index (χ3v) is 5.46. The van der Waals surface area contributed by atoms with Crippen LogP contribution in [0.4, 0.5) is 5.95 Å². The number of ether oxygens (including phenoxy) is 1. The van der Waals surface area contributed by atoms with Gasteiger partial charge in [0.15, 0.2) is 6.61 Å². The van der Waals surface area contributed by atoms with Crippen LogP contribution in [-0.2, 0) is 4.79 Å². The molecule has 0 N–H and O–H groups in total. The summed E-state index contributed by atoms with van der Waals surface area (Å²) in [6.45, 7) is 2.74. The highest BCUT2D eigenvalue weighted by atomic mass is 79.9. The Bertz CT molecular complexity index is 943. The van der Waals surface area contributed by atoms with Crippen molar-refractivity contribution < 1.29 is 9.53 Å². The number of hydrogen-bond acceptors (Lipinski definition) is 5. The Hall–Kier alpha value is -2.67. The Balaban J connectivity index is 1.35. The quantitative estimate of drug-likeness (QED) is 0.641. The summed E-state index contributed by atoms with van der Waals surface area (Å²) in [6.07, 6.45) is 3.46. The summed E-state index contributed by atoms with van der Waals surface area (Å²) in [7, 11) is 0. The van der Waals surface area contributed by atoms with Gasteiger partial charge in [0.1, 0.15) is 5.75 Å². The van der Waals surface area contributed by atoms with Crippen LogP contribution >= 0.6 is 15.9 Å². The normalized spacial score (nSPS) is 14.4. The molecule has 27 heavy (non-hydrogen) atoms. The molecule has 1 amide bonds. The monoisotopic (exact) mass is 426 g/mol. The summed E-state index contributed by atoms with van der Waals surface area (Å²) in [5.41, 5.74) is 0. The number of anilines is 1. The van der Waals surface area contributed by atoms with Crippen molar-refractivity contribution in [3.8, 4) is 5.75 Å². The number of halogens is 1. The summed E-state index contributed by atoms with van der Waals surface area (Å²) >= 11 is 3.59. The molecule has 1 aliphatic rings. The lowest BCUT2D eigenvalue weighted by Gasteiger charge is -2.34. The van der Waals surface area contributed by atoms with Crippen LogP contribution in [0.15, 0.2) is 59.3 Å². The van der Waals surface area contributed by atoms with Gasteiger partial charge in [-0.3, -0.25) is 4.79 Å². The Morgan fingerprint density at radius 3 is 2.52 bits per heavy atom. The van der Waals surface area contributed by atoms with Crippen molar-refractivity contribution in [3.05, 3.63) is 59.3 Å². The third kappa shape index (κ3) is 3.88. The minimum atomic E-state index is -0.0105. The maximum Gasteiger partial charge on any atom is 0.260 e. The molecule has 2 aromatic carbocycles. The lowest BCUT2D eigenvalue weighted by atomic mass is 10.1. The molecule has 1 aliphatic heterocycles. The first-order chi connectivity index (χ1) is 13.2. The van der Waals surface area contributed by atoms with Crippen molar-refractivity contribution in [1.82, 2.24) is 14.9 Å². The molecule has 0 spiro atoms. The first-order valence-electron chi connectivity index (χ1n) is 8.82. The molecule has 4 rings (SSSR count). The largest absolute Gasteiger partial charge is 0.483 e. The highest BCUT2D eigenvalue weighted by Gasteiger charge is 2.23. The Labute approximate surface area is 165 Å². The number of piperazine rings is 1. The molecule has 0 aliphatic carbocycles. The van der Waals surface area contributed by atoms with Crippen molar-refractivity contribution in [2.24, 2.45) is 0 Å². The molecular weight excluding hydrogens is 408 g/mol. The summed E-state index contributed by atoms with van der Waals surface area (Å²) in [5.74, 6) is 1.38. The summed E-state index contributed by atoms with van der Waals surface area (Å²) < 4.78 is 6.67. The van der Waals surface area contributed by atoms with Crippen molar-refractivity contribution in [2.45, 2.75) is 0 Å². The average Bonchev–Trinajstić information content (AvgIpc) is 2.74. The molecule has 138 valence electrons. The number of aromatic nitrogens is 2. The fourth-order valence-electron chi connectivity index (χ4n) is 3.17. The second-order valence-corrected chi connectivity index (χ2v) is 7.10. The minimum Gasteiger partial charge on any atom is -0.483 e. The lowest BCUT2D eigenvalue weighted by molar-refractivity contribution is -0.133. The van der Waals surface area contributed by atoms with Gasteiger partial charge in [0, 0.05) is 38.6 Å². The van der Waals surface area contributed by atoms with Gasteiger partial charge in [0.05, 0.1) is 4.47 Å². The highest BCUT2D eigenvalue weighted by molar-refractivity contribution is 9.10. The van der Waals surface area contributed by atoms with Gasteiger partial charge >= 0.3 is 0 Å². The van der Waals surface area contributed by atoms with E-state index in [-0.39, 0.29) is 12.5 Å². The van der Waals surface area contributed by atoms with Crippen LogP contribution in [0.2, 0.25) is 0 Å². The molecule has 0 unspecified atom stereocenters. The number of hydrogen-bond donors (Lipinski definition) is 0. The van der Waals surface area contributed by atoms with E-state index in [0.717, 1.165) is 28.3 Å². The number of rotatable bonds is 4. The van der Waals surface area contributed by atoms with E-state index < -0.39 is 0 Å². The van der Waals surface area contributed by atoms with E-state index in [9.17, 15) is 4.79 Å². The van der Waals surface area contributed by atoms with Gasteiger partial charge < -0.3 is 14.5 Å². The van der Waals surface area contributed by atoms with Crippen LogP contribution in [0.1, 0.15) is 0 Å². The molecule has 7 heteroatoms. The van der Waals surface area contributed by atoms with Crippen LogP contribution in [0.25, 0.3) is 10.8 Å². The molecule has 1 saturated heterocycles. The van der Waals surface area contributed by atoms with E-state index in [1.807, 2.05) is 41.3 Å². The van der Waals surface area contributed by atoms with Gasteiger partial charge in [-0.25, -0.2) is 9.97 Å². The van der Waals surface area contributed by atoms with Crippen molar-refractivity contribution in [3.63, 3.8) is 0 Å². The van der Waals surface area contributed by atoms with Gasteiger partial charge in [0.2, 0.25) is 5.95 Å². The molecule has 0 bridgehead atoms. The van der Waals surface area contributed by atoms with Crippen molar-refractivity contribution in [2.75, 3.05) is 37.7 Å². The standard InChI is InChI=1S/C20H19BrN4O2/c21-19-16-5-2-1-4-15(16)6-7-17(19)27-14-18(26)24-10-12-25(13-11-24)20-22-8-3-9-23-20/h1-9H,10-14H2. The third-order valence-electron chi connectivity index (χ3n) is 4.65. The van der Waals surface area contributed by atoms with Crippen LogP contribution in [0.5, 0.6) is 5.75 Å². The molecule has 0 radical (unpaired) electrons. The SMILES string of the molecule is O=C(COc1ccc2ccccc2c1Br)N1CCN(c2ncccn2)CC1. The molecular formula is C20H19BrN4O2. The molecule has 0 saturated carbocycles. The summed E-state index contributed by atoms with van der Waals surface area (Å²) in [6, 6.07) is 13.7. The zero-order valence-electron chi connectivity index (χ0n) is 14.7. The molecule has 2 heterocycles. The van der Waals surface area contributed by atoms with Crippen LogP contribution in [-0.4, -0.2) is 53.6 Å². The maximum atomic E-state index is 12.5. The van der Waals surface area contributed by atoms with Gasteiger partial charge in [0.25, 0.3) is 5.91 Å². The number of nitrogens with zero attached hydrogens (tertiary/aromatic N) is 4. The number of fused-ring (bicyclic) bond motifs is 1. The van der Waals surface area contributed by atoms with Crippen LogP contribution in [0.3, 0.4) is 0 Å². The highest BCUT2D eigenvalue weighted by Crippen LogP contribution is 2.33. The fourth-order valence-corrected chi connectivity index (χ4v) is 3.77. The molecule has 1 aromatic heterocycles. The van der Waals surface area contributed by atoms with E-state index in [4.69, 9.17) is 4.74 Å². The number of carbonyl (C=O) groups is 1. The average molecular weight is 427 g/mol. The summed E-state index contributed by atoms with van der Waals surface area (Å²) in [4.78, 5) is 25.0. The topological polar surface area (TPSA) is 58.6 Å². The minimum absolute atomic E-state index is 0.0105. The molecule has 0 atom stereocenters. The maximum absolute atomic E-state index is 12.5. The van der Waals surface area contributed by atoms with E-state index in [1.54, 1.807) is 18.5 Å². The Morgan fingerprint density at radius 2 is 1.74 bits per heavy atom. The second-order valence-electron chi connectivity index (χ2n) is 6.30. The fraction of sp³-hybridized carbons (Fsp3) is 0.250. The molecule has 6 nitrogen and oxygen atoms in total. The number of amides is 1. The zero-order valence-corrected chi connectivity index (χ0v) is 16.3. The number of carbonyl (C=O) groups excluding carboxylic acids is 1. The molecule has 3 aromatic rings. The van der Waals surface area contributed by atoms with E-state index >= 15 is 0 Å². The van der Waals surface area contributed by atoms with Crippen LogP contribution < -0.4 is 9.64 Å².